The molecule has 2 aromatic rings. The second-order valence-corrected chi connectivity index (χ2v) is 3.56. The van der Waals surface area contributed by atoms with Gasteiger partial charge in [0, 0.05) is 0 Å². The number of allylic oxidation sites excluding steroid dienone is 2. The molecule has 0 amide bonds. The molecule has 0 aliphatic rings. The number of hydrogen-bond acceptors (Lipinski definition) is 4. The average Bonchev–Trinajstić information content (AvgIpc) is 2.81. The van der Waals surface area contributed by atoms with E-state index in [-0.39, 0.29) is 6.79 Å². The third kappa shape index (κ3) is 2.68. The highest BCUT2D eigenvalue weighted by Crippen LogP contribution is 2.08. The molecule has 0 saturated heterocycles. The Morgan fingerprint density at radius 3 is 3.06 bits per heavy atom. The number of nitrogens with zero attached hydrogens (tertiary/aromatic N) is 3. The summed E-state index contributed by atoms with van der Waals surface area (Å²) < 4.78 is 5.39. The molecular weight excluding hydrogens is 230 g/mol. The Balaban J connectivity index is 1.98. The summed E-state index contributed by atoms with van der Waals surface area (Å²) in [6.07, 6.45) is 4.45. The highest BCUT2D eigenvalue weighted by molar-refractivity contribution is 5.73. The molecule has 5 heteroatoms. The first-order chi connectivity index (χ1) is 8.85. The fourth-order valence-corrected chi connectivity index (χ4v) is 1.49. The summed E-state index contributed by atoms with van der Waals surface area (Å²) in [6.45, 7) is 5.75. The van der Waals surface area contributed by atoms with Gasteiger partial charge in [-0.15, -0.1) is 5.10 Å². The van der Waals surface area contributed by atoms with Gasteiger partial charge in [0.15, 0.2) is 0 Å². The van der Waals surface area contributed by atoms with Gasteiger partial charge in [0.25, 0.3) is 6.79 Å². The summed E-state index contributed by atoms with van der Waals surface area (Å²) >= 11 is 0. The van der Waals surface area contributed by atoms with Gasteiger partial charge in [-0.1, -0.05) is 30.5 Å². The Morgan fingerprint density at radius 1 is 1.44 bits per heavy atom. The Hall–Kier alpha value is -2.30. The number of benzene rings is 1. The number of hydrogen-bond donors (Lipinski definition) is 0. The Morgan fingerprint density at radius 2 is 2.28 bits per heavy atom. The van der Waals surface area contributed by atoms with Crippen molar-refractivity contribution in [2.75, 3.05) is 6.79 Å². The minimum Gasteiger partial charge on any atom is -0.456 e. The zero-order valence-electron chi connectivity index (χ0n) is 10.2. The van der Waals surface area contributed by atoms with Gasteiger partial charge in [0.1, 0.15) is 16.8 Å². The second-order valence-electron chi connectivity index (χ2n) is 3.56. The van der Waals surface area contributed by atoms with Gasteiger partial charge in [-0.3, -0.25) is 0 Å². The fourth-order valence-electron chi connectivity index (χ4n) is 1.49. The third-order valence-electron chi connectivity index (χ3n) is 2.33. The van der Waals surface area contributed by atoms with Gasteiger partial charge < -0.3 is 9.57 Å². The van der Waals surface area contributed by atoms with E-state index < -0.39 is 0 Å². The van der Waals surface area contributed by atoms with Gasteiger partial charge >= 0.3 is 0 Å². The number of para-hydroxylation sites is 1. The lowest BCUT2D eigenvalue weighted by molar-refractivity contribution is -0.0389. The molecule has 1 aromatic carbocycles. The van der Waals surface area contributed by atoms with Gasteiger partial charge in [0.05, 0.1) is 0 Å². The number of rotatable bonds is 6. The molecule has 1 aromatic heterocycles. The molecule has 0 radical (unpaired) electrons. The van der Waals surface area contributed by atoms with Crippen LogP contribution in [0.1, 0.15) is 13.3 Å². The lowest BCUT2D eigenvalue weighted by Crippen LogP contribution is -2.16. The summed E-state index contributed by atoms with van der Waals surface area (Å²) in [4.78, 5) is 6.72. The summed E-state index contributed by atoms with van der Waals surface area (Å²) in [6, 6.07) is 7.55. The molecule has 0 unspecified atom stereocenters. The molecule has 94 valence electrons. The maximum absolute atomic E-state index is 5.39. The second kappa shape index (κ2) is 5.86. The van der Waals surface area contributed by atoms with Crippen LogP contribution in [-0.2, 0) is 4.74 Å². The first-order valence-corrected chi connectivity index (χ1v) is 5.74. The summed E-state index contributed by atoms with van der Waals surface area (Å²) in [5.41, 5.74) is 1.59. The summed E-state index contributed by atoms with van der Waals surface area (Å²) in [5.74, 6) is 0.696. The Labute approximate surface area is 105 Å². The van der Waals surface area contributed by atoms with Gasteiger partial charge in [-0.2, -0.15) is 0 Å². The molecule has 5 nitrogen and oxygen atoms in total. The van der Waals surface area contributed by atoms with E-state index in [1.54, 1.807) is 6.08 Å². The van der Waals surface area contributed by atoms with E-state index in [2.05, 4.69) is 16.9 Å². The minimum absolute atomic E-state index is 0.0607. The maximum Gasteiger partial charge on any atom is 0.255 e. The molecule has 0 saturated carbocycles. The van der Waals surface area contributed by atoms with Gasteiger partial charge in [-0.25, -0.2) is 0 Å². The molecule has 0 atom stereocenters. The molecule has 0 bridgehead atoms. The lowest BCUT2D eigenvalue weighted by atomic mass is 10.3. The van der Waals surface area contributed by atoms with Crippen LogP contribution < -0.4 is 4.84 Å². The highest BCUT2D eigenvalue weighted by atomic mass is 16.8. The molecule has 0 aliphatic heterocycles. The molecule has 1 heterocycles. The molecule has 0 spiro atoms. The van der Waals surface area contributed by atoms with Crippen LogP contribution in [0.2, 0.25) is 0 Å². The topological polar surface area (TPSA) is 49.2 Å². The van der Waals surface area contributed by atoms with E-state index in [1.807, 2.05) is 37.3 Å². The van der Waals surface area contributed by atoms with Crippen molar-refractivity contribution in [1.82, 2.24) is 15.2 Å². The largest absolute Gasteiger partial charge is 0.456 e. The normalized spacial score (nSPS) is 11.5. The van der Waals surface area contributed by atoms with Crippen molar-refractivity contribution in [2.45, 2.75) is 13.3 Å². The van der Waals surface area contributed by atoms with Crippen molar-refractivity contribution < 1.29 is 9.57 Å². The van der Waals surface area contributed by atoms with Gasteiger partial charge in [0.2, 0.25) is 0 Å². The van der Waals surface area contributed by atoms with Crippen LogP contribution in [0.25, 0.3) is 11.0 Å². The van der Waals surface area contributed by atoms with Crippen LogP contribution >= 0.6 is 0 Å². The Bertz CT molecular complexity index is 560. The molecule has 18 heavy (non-hydrogen) atoms. The van der Waals surface area contributed by atoms with E-state index in [0.717, 1.165) is 17.5 Å². The van der Waals surface area contributed by atoms with E-state index in [9.17, 15) is 0 Å². The average molecular weight is 245 g/mol. The van der Waals surface area contributed by atoms with Crippen molar-refractivity contribution in [3.8, 4) is 0 Å². The van der Waals surface area contributed by atoms with Crippen molar-refractivity contribution in [1.29, 1.82) is 0 Å². The molecule has 0 aliphatic carbocycles. The van der Waals surface area contributed by atoms with Crippen molar-refractivity contribution in [3.05, 3.63) is 48.8 Å². The van der Waals surface area contributed by atoms with Crippen LogP contribution in [-0.4, -0.2) is 22.0 Å². The van der Waals surface area contributed by atoms with Crippen molar-refractivity contribution >= 4 is 11.0 Å². The van der Waals surface area contributed by atoms with Crippen LogP contribution in [0.4, 0.5) is 0 Å². The van der Waals surface area contributed by atoms with Crippen LogP contribution in [0.15, 0.2) is 48.8 Å². The minimum atomic E-state index is 0.0607. The van der Waals surface area contributed by atoms with E-state index in [0.29, 0.717) is 5.76 Å². The molecule has 0 fully saturated rings. The predicted molar refractivity (Wildman–Crippen MR) is 68.6 cm³/mol. The quantitative estimate of drug-likeness (QED) is 0.445. The van der Waals surface area contributed by atoms with Crippen LogP contribution in [0, 0.1) is 0 Å². The monoisotopic (exact) mass is 245 g/mol. The van der Waals surface area contributed by atoms with Gasteiger partial charge in [-0.05, 0) is 35.9 Å². The Kier molecular flexibility index (Phi) is 3.96. The first kappa shape index (κ1) is 12.2. The SMILES string of the molecule is C=CC(=CCC)OCOn1nnc2ccccc21. The van der Waals surface area contributed by atoms with Crippen molar-refractivity contribution in [3.63, 3.8) is 0 Å². The maximum atomic E-state index is 5.39. The molecular formula is C13H15N3O2. The molecule has 2 rings (SSSR count). The lowest BCUT2D eigenvalue weighted by Gasteiger charge is -2.07. The summed E-state index contributed by atoms with van der Waals surface area (Å²) in [5, 5.41) is 7.85. The van der Waals surface area contributed by atoms with E-state index in [1.165, 1.54) is 4.85 Å². The van der Waals surface area contributed by atoms with Crippen LogP contribution in [0.5, 0.6) is 0 Å². The number of ether oxygens (including phenoxy) is 1. The zero-order valence-corrected chi connectivity index (χ0v) is 10.2. The third-order valence-corrected chi connectivity index (χ3v) is 2.33. The zero-order chi connectivity index (χ0) is 12.8. The number of fused-ring (bicyclic) bond motifs is 1. The van der Waals surface area contributed by atoms with E-state index in [4.69, 9.17) is 9.57 Å². The summed E-state index contributed by atoms with van der Waals surface area (Å²) in [7, 11) is 0. The smallest absolute Gasteiger partial charge is 0.255 e. The predicted octanol–water partition coefficient (Wildman–Crippen LogP) is 2.31. The van der Waals surface area contributed by atoms with E-state index >= 15 is 0 Å². The fraction of sp³-hybridized carbons (Fsp3) is 0.231. The standard InChI is InChI=1S/C13H15N3O2/c1-3-7-11(4-2)17-10-18-16-13-9-6-5-8-12(13)14-15-16/h4-9H,2-3,10H2,1H3. The van der Waals surface area contributed by atoms with Crippen LogP contribution in [0.3, 0.4) is 0 Å². The number of aromatic nitrogens is 3. The van der Waals surface area contributed by atoms with Crippen molar-refractivity contribution in [2.24, 2.45) is 0 Å². The highest BCUT2D eigenvalue weighted by Gasteiger charge is 2.03. The first-order valence-electron chi connectivity index (χ1n) is 5.74. The molecule has 0 N–H and O–H groups in total.